The average molecular weight is 1180 g/mol. The number of carbonyl (C=O) groups is 10. The van der Waals surface area contributed by atoms with Crippen LogP contribution in [0.25, 0.3) is 0 Å². The van der Waals surface area contributed by atoms with Crippen molar-refractivity contribution in [3.63, 3.8) is 0 Å². The number of phenolic OH excluding ortho intramolecular Hbond substituents is 2. The first-order valence-electron chi connectivity index (χ1n) is 26.8. The molecule has 5 rings (SSSR count). The highest BCUT2D eigenvalue weighted by molar-refractivity contribution is 7.99. The molecule has 28 heteroatoms. The maximum absolute atomic E-state index is 14.0. The molecule has 1 fully saturated rings. The van der Waals surface area contributed by atoms with Gasteiger partial charge in [0.15, 0.2) is 11.6 Å². The Morgan fingerprint density at radius 3 is 2.07 bits per heavy atom. The molecule has 1 unspecified atom stereocenters. The third-order valence-electron chi connectivity index (χ3n) is 13.3. The second-order valence-electron chi connectivity index (χ2n) is 19.6. The number of fused-ring (bicyclic) bond motifs is 1. The molecule has 27 nitrogen and oxygen atoms in total. The van der Waals surface area contributed by atoms with Gasteiger partial charge in [0.25, 0.3) is 0 Å². The number of carbonyl (C=O) groups excluding carboxylic acids is 10. The quantitative estimate of drug-likeness (QED) is 0.0262. The molecule has 450 valence electrons. The molecule has 1 aliphatic heterocycles. The van der Waals surface area contributed by atoms with E-state index in [1.807, 2.05) is 0 Å². The van der Waals surface area contributed by atoms with Crippen molar-refractivity contribution in [2.45, 2.75) is 64.3 Å². The number of hydrogen-bond acceptors (Lipinski definition) is 19. The molecule has 13 N–H and O–H groups in total. The zero-order chi connectivity index (χ0) is 60.8. The van der Waals surface area contributed by atoms with E-state index in [0.717, 1.165) is 36.0 Å². The van der Waals surface area contributed by atoms with Crippen molar-refractivity contribution in [2.75, 3.05) is 95.9 Å². The van der Waals surface area contributed by atoms with E-state index in [2.05, 4.69) is 50.4 Å². The number of urea groups is 1. The second-order valence-corrected chi connectivity index (χ2v) is 20.7. The molecule has 83 heavy (non-hydrogen) atoms. The smallest absolute Gasteiger partial charge is 0.410 e. The minimum atomic E-state index is -1.16. The zero-order valence-corrected chi connectivity index (χ0v) is 47.2. The molecule has 0 spiro atoms. The fourth-order valence-corrected chi connectivity index (χ4v) is 9.83. The number of aliphatic hydroxyl groups is 2. The van der Waals surface area contributed by atoms with Crippen LogP contribution >= 0.6 is 11.8 Å². The van der Waals surface area contributed by atoms with Gasteiger partial charge in [0.2, 0.25) is 35.4 Å². The summed E-state index contributed by atoms with van der Waals surface area (Å²) >= 11 is 1.13. The van der Waals surface area contributed by atoms with Crippen LogP contribution in [0.15, 0.2) is 84.6 Å². The standard InChI is InChI=1S/C55H74N12O15S/c1-5-42(73)65-30-66(43(74)6-2)32-67(31-65)44(75)17-27-83-29-41(72)63-49(33(3)4)53(79)62-38(8-7-18-60-54(56)80)52(78)61-35-11-9-34(10-12-35)28-82-55(81)64(24-26-69)23-21-59-37-14-13-36(58-20-19-57-22-25-68)45-46(37)51(77)48-40(71)16-15-39(70)47(48)50(45)76/h5-6,9-12,14-16,33,36,38,49,57-59,68-71H,1-2,7-8,13,17-32H2,3-4H3,(H,61,78)(H,62,79)(H,63,72)(H3,56,60,80)/t36?,38-,49-/m0/s1. The van der Waals surface area contributed by atoms with E-state index >= 15 is 0 Å². The van der Waals surface area contributed by atoms with Crippen LogP contribution in [-0.2, 0) is 40.1 Å². The van der Waals surface area contributed by atoms with Crippen LogP contribution in [-0.4, -0.2) is 208 Å². The number of anilines is 1. The van der Waals surface area contributed by atoms with E-state index in [1.54, 1.807) is 44.2 Å². The number of ketones is 2. The third kappa shape index (κ3) is 18.6. The van der Waals surface area contributed by atoms with Crippen LogP contribution in [0.3, 0.4) is 0 Å². The lowest BCUT2D eigenvalue weighted by Gasteiger charge is -2.41. The van der Waals surface area contributed by atoms with Crippen molar-refractivity contribution in [3.05, 3.63) is 101 Å². The molecular formula is C55H74N12O15S. The summed E-state index contributed by atoms with van der Waals surface area (Å²) in [5.41, 5.74) is 5.76. The van der Waals surface area contributed by atoms with Crippen LogP contribution in [0, 0.1) is 5.92 Å². The molecule has 0 radical (unpaired) electrons. The van der Waals surface area contributed by atoms with Crippen LogP contribution < -0.4 is 43.0 Å². The van der Waals surface area contributed by atoms with E-state index in [0.29, 0.717) is 30.9 Å². The van der Waals surface area contributed by atoms with E-state index in [-0.39, 0.29) is 130 Å². The van der Waals surface area contributed by atoms with E-state index in [9.17, 15) is 63.3 Å². The highest BCUT2D eigenvalue weighted by Crippen LogP contribution is 2.41. The molecular weight excluding hydrogens is 1100 g/mol. The molecule has 9 amide bonds. The number of aromatic hydroxyl groups is 2. The fourth-order valence-electron chi connectivity index (χ4n) is 9.09. The topological polar surface area (TPSA) is 384 Å². The normalized spacial score (nSPS) is 15.5. The number of phenols is 2. The predicted molar refractivity (Wildman–Crippen MR) is 305 cm³/mol. The van der Waals surface area contributed by atoms with Gasteiger partial charge in [0.1, 0.15) is 30.2 Å². The Labute approximate surface area is 484 Å². The zero-order valence-electron chi connectivity index (χ0n) is 46.4. The van der Waals surface area contributed by atoms with Crippen LogP contribution in [0.4, 0.5) is 15.3 Å². The highest BCUT2D eigenvalue weighted by Gasteiger charge is 2.42. The first kappa shape index (κ1) is 65.5. The Balaban J connectivity index is 1.14. The number of Topliss-reactive ketones (excluding diaryl/α,β-unsaturated/α-hetero) is 2. The number of ether oxygens (including phenoxy) is 1. The van der Waals surface area contributed by atoms with Crippen LogP contribution in [0.5, 0.6) is 11.5 Å². The number of nitrogens with zero attached hydrogens (tertiary/aromatic N) is 4. The van der Waals surface area contributed by atoms with E-state index in [1.165, 1.54) is 19.6 Å². The Bertz CT molecular complexity index is 2780. The molecule has 2 aromatic carbocycles. The van der Waals surface area contributed by atoms with Gasteiger partial charge in [-0.25, -0.2) is 9.59 Å². The van der Waals surface area contributed by atoms with Crippen molar-refractivity contribution in [2.24, 2.45) is 11.7 Å². The molecule has 0 saturated carbocycles. The van der Waals surface area contributed by atoms with Gasteiger partial charge >= 0.3 is 12.1 Å². The van der Waals surface area contributed by atoms with Gasteiger partial charge in [-0.2, -0.15) is 11.8 Å². The van der Waals surface area contributed by atoms with Crippen molar-refractivity contribution < 1.29 is 73.1 Å². The van der Waals surface area contributed by atoms with Gasteiger partial charge < -0.3 is 87.7 Å². The SMILES string of the molecule is C=CC(=O)N1CN(C(=O)C=C)CN(C(=O)CCSCC(=O)N[C@H](C(=O)N[C@@H](CCCNC(N)=O)C(=O)Nc2ccc(COC(=O)N(CCO)CCNC3=CCC(NCCNCCO)C4=C3C(=O)c3c(O)ccc(O)c3C4=O)cc2)C(C)C)C1. The van der Waals surface area contributed by atoms with Gasteiger partial charge in [0.05, 0.1) is 55.7 Å². The Hall–Kier alpha value is -8.31. The van der Waals surface area contributed by atoms with Gasteiger partial charge in [0, 0.05) is 81.0 Å². The van der Waals surface area contributed by atoms with Gasteiger partial charge in [-0.3, -0.25) is 38.4 Å². The molecule has 2 aromatic rings. The Morgan fingerprint density at radius 1 is 0.807 bits per heavy atom. The minimum absolute atomic E-state index is 0.00636. The number of thioether (sulfide) groups is 1. The van der Waals surface area contributed by atoms with Gasteiger partial charge in [-0.05, 0) is 67.2 Å². The Morgan fingerprint density at radius 2 is 1.46 bits per heavy atom. The summed E-state index contributed by atoms with van der Waals surface area (Å²) in [6, 6.07) is 4.87. The predicted octanol–water partition coefficient (Wildman–Crippen LogP) is -0.298. The first-order valence-corrected chi connectivity index (χ1v) is 28.0. The summed E-state index contributed by atoms with van der Waals surface area (Å²) in [5.74, 6) is -5.73. The van der Waals surface area contributed by atoms with E-state index < -0.39 is 95.4 Å². The lowest BCUT2D eigenvalue weighted by Crippen LogP contribution is -2.59. The molecule has 1 saturated heterocycles. The number of aliphatic hydroxyl groups excluding tert-OH is 2. The molecule has 3 aliphatic rings. The monoisotopic (exact) mass is 1170 g/mol. The maximum Gasteiger partial charge on any atom is 0.410 e. The highest BCUT2D eigenvalue weighted by atomic mass is 32.2. The minimum Gasteiger partial charge on any atom is -0.507 e. The number of benzene rings is 2. The first-order chi connectivity index (χ1) is 39.7. The Kier molecular flexibility index (Phi) is 25.5. The largest absolute Gasteiger partial charge is 0.507 e. The molecule has 2 aliphatic carbocycles. The number of hydrogen-bond donors (Lipinski definition) is 12. The number of rotatable bonds is 31. The summed E-state index contributed by atoms with van der Waals surface area (Å²) in [6.07, 6.45) is 3.59. The van der Waals surface area contributed by atoms with Crippen molar-refractivity contribution in [1.82, 2.24) is 51.5 Å². The summed E-state index contributed by atoms with van der Waals surface area (Å²) in [6.45, 7) is 10.6. The number of allylic oxidation sites excluding steroid dienone is 1. The average Bonchev–Trinajstić information content (AvgIpc) is 3.01. The number of primary amides is 1. The summed E-state index contributed by atoms with van der Waals surface area (Å²) in [7, 11) is 0. The van der Waals surface area contributed by atoms with Gasteiger partial charge in [-0.15, -0.1) is 0 Å². The lowest BCUT2D eigenvalue weighted by atomic mass is 9.76. The van der Waals surface area contributed by atoms with Crippen molar-refractivity contribution >= 4 is 76.6 Å². The second kappa shape index (κ2) is 32.4. The van der Waals surface area contributed by atoms with E-state index in [4.69, 9.17) is 15.6 Å². The van der Waals surface area contributed by atoms with Crippen molar-refractivity contribution in [3.8, 4) is 11.5 Å². The van der Waals surface area contributed by atoms with Crippen LogP contribution in [0.1, 0.15) is 65.8 Å². The maximum atomic E-state index is 14.0. The summed E-state index contributed by atoms with van der Waals surface area (Å²) in [4.78, 5) is 136. The summed E-state index contributed by atoms with van der Waals surface area (Å²) in [5, 5.41) is 60.3. The van der Waals surface area contributed by atoms with Gasteiger partial charge in [-0.1, -0.05) is 45.2 Å². The van der Waals surface area contributed by atoms with Crippen molar-refractivity contribution in [1.29, 1.82) is 0 Å². The third-order valence-corrected chi connectivity index (χ3v) is 14.3. The molecule has 1 heterocycles. The molecule has 0 aromatic heterocycles. The molecule has 0 bridgehead atoms. The summed E-state index contributed by atoms with van der Waals surface area (Å²) < 4.78 is 5.57. The number of amides is 9. The molecule has 3 atom stereocenters. The number of nitrogens with two attached hydrogens (primary N) is 1. The lowest BCUT2D eigenvalue weighted by molar-refractivity contribution is -0.154. The van der Waals surface area contributed by atoms with Crippen LogP contribution in [0.2, 0.25) is 0 Å². The number of nitrogens with one attached hydrogen (secondary N) is 7. The fraction of sp³-hybridized carbons (Fsp3) is 0.455.